The summed E-state index contributed by atoms with van der Waals surface area (Å²) in [5.41, 5.74) is 8.65. The smallest absolute Gasteiger partial charge is 0.128 e. The first-order chi connectivity index (χ1) is 43.0. The molecule has 0 fully saturated rings. The topological polar surface area (TPSA) is 202 Å². The van der Waals surface area contributed by atoms with Crippen molar-refractivity contribution < 1.29 is 30.6 Å². The van der Waals surface area contributed by atoms with E-state index in [0.29, 0.717) is 112 Å². The summed E-state index contributed by atoms with van der Waals surface area (Å²) in [7, 11) is 0. The van der Waals surface area contributed by atoms with E-state index in [-0.39, 0.29) is 67.0 Å². The number of hydrogen-bond donors (Lipinski definition) is 6. The van der Waals surface area contributed by atoms with Crippen LogP contribution in [0, 0.1) is 0 Å². The Balaban J connectivity index is 0.000000334. The average molecular weight is 1250 g/mol. The highest BCUT2D eigenvalue weighted by molar-refractivity contribution is 5.87. The summed E-state index contributed by atoms with van der Waals surface area (Å²) in [6.07, 6.45) is 10.5. The third-order valence-electron chi connectivity index (χ3n) is 15.9. The van der Waals surface area contributed by atoms with Crippen LogP contribution in [-0.2, 0) is 32.5 Å². The number of para-hydroxylation sites is 6. The molecule has 0 aliphatic rings. The minimum atomic E-state index is -0.165. The van der Waals surface area contributed by atoms with Gasteiger partial charge >= 0.3 is 0 Å². The van der Waals surface area contributed by atoms with Crippen molar-refractivity contribution in [2.45, 2.75) is 157 Å². The number of phenols is 6. The molecule has 0 spiro atoms. The molecular weight excluding hydrogens is 1140 g/mol. The molecule has 0 aliphatic carbocycles. The second-order valence-corrected chi connectivity index (χ2v) is 29.9. The lowest BCUT2D eigenvalue weighted by Crippen LogP contribution is -2.31. The maximum Gasteiger partial charge on any atom is 0.128 e. The Morgan fingerprint density at radius 3 is 0.489 bits per heavy atom. The van der Waals surface area contributed by atoms with Crippen molar-refractivity contribution >= 4 is 37.3 Å². The molecular formula is C78H108N8O6. The summed E-state index contributed by atoms with van der Waals surface area (Å²) >= 11 is 0. The van der Waals surface area contributed by atoms with Gasteiger partial charge in [0.05, 0.1) is 39.3 Å². The third kappa shape index (κ3) is 22.7. The van der Waals surface area contributed by atoms with E-state index >= 15 is 0 Å². The van der Waals surface area contributed by atoms with Gasteiger partial charge in [-0.2, -0.15) is 0 Å². The van der Waals surface area contributed by atoms with Crippen LogP contribution in [0.2, 0.25) is 0 Å². The van der Waals surface area contributed by atoms with Gasteiger partial charge in [-0.1, -0.05) is 197 Å². The molecule has 0 aliphatic heterocycles. The lowest BCUT2D eigenvalue weighted by molar-refractivity contribution is 0.298. The zero-order valence-electron chi connectivity index (χ0n) is 58.6. The minimum Gasteiger partial charge on any atom is -0.507 e. The van der Waals surface area contributed by atoms with Crippen molar-refractivity contribution in [1.82, 2.24) is 9.80 Å². The van der Waals surface area contributed by atoms with Crippen molar-refractivity contribution in [3.63, 3.8) is 0 Å². The molecule has 6 rings (SSSR count). The van der Waals surface area contributed by atoms with Crippen molar-refractivity contribution in [1.29, 1.82) is 0 Å². The van der Waals surface area contributed by atoms with Crippen LogP contribution in [0.1, 0.15) is 191 Å². The summed E-state index contributed by atoms with van der Waals surface area (Å²) in [4.78, 5) is 32.3. The first kappa shape index (κ1) is 74.8. The van der Waals surface area contributed by atoms with Gasteiger partial charge in [-0.05, 0) is 102 Å². The number of benzene rings is 6. The fourth-order valence-electron chi connectivity index (χ4n) is 10.5. The molecule has 0 saturated heterocycles. The van der Waals surface area contributed by atoms with Gasteiger partial charge in [0.15, 0.2) is 0 Å². The quantitative estimate of drug-likeness (QED) is 0.0321. The van der Waals surface area contributed by atoms with Crippen molar-refractivity contribution in [2.75, 3.05) is 78.5 Å². The van der Waals surface area contributed by atoms with Gasteiger partial charge in [0.25, 0.3) is 0 Å². The van der Waals surface area contributed by atoms with E-state index in [1.165, 1.54) is 0 Å². The average Bonchev–Trinajstić information content (AvgIpc) is 1.68. The number of aliphatic imine (C=N–C) groups is 6. The van der Waals surface area contributed by atoms with E-state index < -0.39 is 0 Å². The molecule has 14 heteroatoms. The summed E-state index contributed by atoms with van der Waals surface area (Å²) in [5.74, 6) is 1.65. The van der Waals surface area contributed by atoms with E-state index in [2.05, 4.69) is 164 Å². The molecule has 496 valence electrons. The normalized spacial score (nSPS) is 13.2. The highest BCUT2D eigenvalue weighted by Crippen LogP contribution is 2.37. The largest absolute Gasteiger partial charge is 0.507 e. The molecule has 6 N–H and O–H groups in total. The maximum absolute atomic E-state index is 10.8. The number of nitrogens with zero attached hydrogens (tertiary/aromatic N) is 8. The summed E-state index contributed by atoms with van der Waals surface area (Å²) < 4.78 is 0. The molecule has 0 bridgehead atoms. The van der Waals surface area contributed by atoms with Gasteiger partial charge in [0.2, 0.25) is 0 Å². The molecule has 6 aromatic carbocycles. The predicted octanol–water partition coefficient (Wildman–Crippen LogP) is 15.3. The maximum atomic E-state index is 10.8. The fraction of sp³-hybridized carbons (Fsp3) is 0.462. The summed E-state index contributed by atoms with van der Waals surface area (Å²) in [6, 6.07) is 34.7. The molecule has 6 aromatic rings. The Kier molecular flexibility index (Phi) is 26.9. The zero-order chi connectivity index (χ0) is 68.2. The summed E-state index contributed by atoms with van der Waals surface area (Å²) in [5, 5.41) is 64.8. The SMILES string of the molecule is CC(C)(C)c1cccc(C=NCCN(CCN=Cc2cccc(C(C)(C)C)c2O)CCN=Cc2cccc(C(C)(C)C)c2O)c1O.CC(C)(C)c1cccc(C=NCCN(CCN=Cc2cccc(C(C)(C)C)c2O)CCN=Cc2cccc(C(C)(C)C)c2O)c1O. The zero-order valence-corrected chi connectivity index (χ0v) is 58.6. The molecule has 0 amide bonds. The lowest BCUT2D eigenvalue weighted by atomic mass is 9.85. The van der Waals surface area contributed by atoms with Crippen LogP contribution in [0.4, 0.5) is 0 Å². The number of hydrogen-bond acceptors (Lipinski definition) is 14. The van der Waals surface area contributed by atoms with E-state index in [0.717, 1.165) is 33.4 Å². The van der Waals surface area contributed by atoms with Crippen molar-refractivity contribution in [3.05, 3.63) is 176 Å². The molecule has 92 heavy (non-hydrogen) atoms. The predicted molar refractivity (Wildman–Crippen MR) is 388 cm³/mol. The van der Waals surface area contributed by atoms with Crippen LogP contribution in [0.5, 0.6) is 34.5 Å². The Hall–Kier alpha value is -7.94. The van der Waals surface area contributed by atoms with Crippen LogP contribution in [-0.4, -0.2) is 156 Å². The number of rotatable bonds is 24. The number of phenolic OH excluding ortho intramolecular Hbond substituents is 6. The van der Waals surface area contributed by atoms with E-state index in [4.69, 9.17) is 0 Å². The van der Waals surface area contributed by atoms with E-state index in [1.54, 1.807) is 37.3 Å². The highest BCUT2D eigenvalue weighted by Gasteiger charge is 2.24. The molecule has 0 radical (unpaired) electrons. The monoisotopic (exact) mass is 1250 g/mol. The molecule has 0 saturated carbocycles. The molecule has 0 atom stereocenters. The first-order valence-electron chi connectivity index (χ1n) is 32.4. The minimum absolute atomic E-state index is 0.165. The standard InChI is InChI=1S/2C39H54N4O3/c2*1-37(2,3)31-16-10-13-28(34(31)44)25-40-19-22-43(23-20-41-26-29-14-11-17-32(35(29)45)38(4,5)6)24-21-42-27-30-15-12-18-33(36(30)46)39(7,8)9/h2*10-18,25-27,44-46H,19-24H2,1-9H3. The van der Waals surface area contributed by atoms with E-state index in [1.807, 2.05) is 109 Å². The van der Waals surface area contributed by atoms with Crippen LogP contribution in [0.15, 0.2) is 139 Å². The van der Waals surface area contributed by atoms with Crippen LogP contribution < -0.4 is 0 Å². The lowest BCUT2D eigenvalue weighted by Gasteiger charge is -2.21. The van der Waals surface area contributed by atoms with Crippen LogP contribution in [0.3, 0.4) is 0 Å². The fourth-order valence-corrected chi connectivity index (χ4v) is 10.5. The third-order valence-corrected chi connectivity index (χ3v) is 15.9. The summed E-state index contributed by atoms with van der Waals surface area (Å²) in [6.45, 7) is 44.9. The second-order valence-electron chi connectivity index (χ2n) is 29.9. The highest BCUT2D eigenvalue weighted by atomic mass is 16.3. The van der Waals surface area contributed by atoms with Crippen molar-refractivity contribution in [2.24, 2.45) is 30.0 Å². The van der Waals surface area contributed by atoms with Gasteiger partial charge in [0.1, 0.15) is 34.5 Å². The Morgan fingerprint density at radius 2 is 0.370 bits per heavy atom. The van der Waals surface area contributed by atoms with Gasteiger partial charge < -0.3 is 30.6 Å². The Labute approximate surface area is 551 Å². The van der Waals surface area contributed by atoms with E-state index in [9.17, 15) is 30.6 Å². The molecule has 0 aromatic heterocycles. The van der Waals surface area contributed by atoms with Gasteiger partial charge in [-0.3, -0.25) is 39.8 Å². The molecule has 0 unspecified atom stereocenters. The second kappa shape index (κ2) is 33.1. The van der Waals surface area contributed by atoms with Gasteiger partial charge in [0, 0.05) is 110 Å². The number of aromatic hydroxyl groups is 6. The van der Waals surface area contributed by atoms with Gasteiger partial charge in [-0.15, -0.1) is 0 Å². The molecule has 0 heterocycles. The van der Waals surface area contributed by atoms with Crippen LogP contribution in [0.25, 0.3) is 0 Å². The molecule has 14 nitrogen and oxygen atoms in total. The van der Waals surface area contributed by atoms with Crippen LogP contribution >= 0.6 is 0 Å². The Bertz CT molecular complexity index is 2940. The van der Waals surface area contributed by atoms with Crippen molar-refractivity contribution in [3.8, 4) is 34.5 Å². The first-order valence-corrected chi connectivity index (χ1v) is 32.4. The Morgan fingerprint density at radius 1 is 0.239 bits per heavy atom. The van der Waals surface area contributed by atoms with Gasteiger partial charge in [-0.25, -0.2) is 0 Å².